The summed E-state index contributed by atoms with van der Waals surface area (Å²) in [7, 11) is 0. The van der Waals surface area contributed by atoms with Crippen LogP contribution in [-0.4, -0.2) is 30.7 Å². The molecule has 8 heteroatoms. The molecular formula is C29H32F3NO4. The number of alkyl halides is 3. The van der Waals surface area contributed by atoms with Gasteiger partial charge < -0.3 is 19.2 Å². The third-order valence-electron chi connectivity index (χ3n) is 6.39. The van der Waals surface area contributed by atoms with Crippen LogP contribution >= 0.6 is 0 Å². The Bertz CT molecular complexity index is 1200. The second kappa shape index (κ2) is 12.3. The van der Waals surface area contributed by atoms with Crippen molar-refractivity contribution in [2.45, 2.75) is 64.3 Å². The third-order valence-corrected chi connectivity index (χ3v) is 6.39. The molecule has 0 bridgehead atoms. The van der Waals surface area contributed by atoms with E-state index >= 15 is 0 Å². The van der Waals surface area contributed by atoms with Gasteiger partial charge in [0.15, 0.2) is 11.3 Å². The van der Waals surface area contributed by atoms with E-state index in [-0.39, 0.29) is 17.3 Å². The minimum atomic E-state index is -4.78. The predicted octanol–water partition coefficient (Wildman–Crippen LogP) is 6.63. The van der Waals surface area contributed by atoms with Crippen LogP contribution in [0.4, 0.5) is 13.2 Å². The van der Waals surface area contributed by atoms with E-state index in [9.17, 15) is 18.0 Å². The summed E-state index contributed by atoms with van der Waals surface area (Å²) in [4.78, 5) is 16.5. The molecule has 1 aliphatic heterocycles. The zero-order chi connectivity index (χ0) is 26.3. The van der Waals surface area contributed by atoms with E-state index in [1.54, 1.807) is 0 Å². The van der Waals surface area contributed by atoms with Crippen molar-refractivity contribution in [1.29, 1.82) is 0 Å². The van der Waals surface area contributed by atoms with Gasteiger partial charge in [-0.2, -0.15) is 0 Å². The van der Waals surface area contributed by atoms with E-state index in [2.05, 4.69) is 40.9 Å². The van der Waals surface area contributed by atoms with Gasteiger partial charge in [-0.05, 0) is 67.3 Å². The van der Waals surface area contributed by atoms with E-state index in [1.165, 1.54) is 35.9 Å². The van der Waals surface area contributed by atoms with Crippen molar-refractivity contribution in [3.05, 3.63) is 81.6 Å². The minimum Gasteiger partial charge on any atom is -0.476 e. The molecule has 3 aromatic rings. The molecule has 0 aliphatic carbocycles. The van der Waals surface area contributed by atoms with E-state index in [0.29, 0.717) is 48.8 Å². The number of aromatic nitrogens is 1. The first kappa shape index (κ1) is 26.8. The van der Waals surface area contributed by atoms with Gasteiger partial charge in [0.2, 0.25) is 0 Å². The van der Waals surface area contributed by atoms with E-state index < -0.39 is 6.36 Å². The molecule has 37 heavy (non-hydrogen) atoms. The van der Waals surface area contributed by atoms with Crippen LogP contribution in [-0.2, 0) is 24.0 Å². The number of H-pyrrole nitrogens is 1. The molecule has 2 aromatic carbocycles. The molecule has 0 spiro atoms. The van der Waals surface area contributed by atoms with Crippen LogP contribution in [0.15, 0.2) is 59.4 Å². The largest absolute Gasteiger partial charge is 0.573 e. The lowest BCUT2D eigenvalue weighted by Gasteiger charge is -2.22. The number of hydrogen-bond donors (Lipinski definition) is 1. The highest BCUT2D eigenvalue weighted by molar-refractivity contribution is 5.67. The Hall–Kier alpha value is -3.26. The van der Waals surface area contributed by atoms with Gasteiger partial charge in [-0.3, -0.25) is 4.79 Å². The van der Waals surface area contributed by atoms with Gasteiger partial charge >= 0.3 is 6.36 Å². The van der Waals surface area contributed by atoms with E-state index in [0.717, 1.165) is 37.7 Å². The van der Waals surface area contributed by atoms with Gasteiger partial charge in [-0.15, -0.1) is 13.2 Å². The van der Waals surface area contributed by atoms with Crippen LogP contribution in [0.1, 0.15) is 49.4 Å². The molecule has 1 aromatic heterocycles. The van der Waals surface area contributed by atoms with Crippen molar-refractivity contribution in [3.8, 4) is 22.8 Å². The quantitative estimate of drug-likeness (QED) is 0.329. The molecule has 4 rings (SSSR count). The fourth-order valence-corrected chi connectivity index (χ4v) is 4.54. The summed E-state index contributed by atoms with van der Waals surface area (Å²) < 4.78 is 53.3. The Morgan fingerprint density at radius 2 is 1.68 bits per heavy atom. The number of nitrogens with one attached hydrogen (secondary N) is 1. The number of hydrogen-bond acceptors (Lipinski definition) is 4. The zero-order valence-electron chi connectivity index (χ0n) is 20.9. The topological polar surface area (TPSA) is 60.5 Å². The fourth-order valence-electron chi connectivity index (χ4n) is 4.54. The van der Waals surface area contributed by atoms with Crippen molar-refractivity contribution in [2.24, 2.45) is 0 Å². The van der Waals surface area contributed by atoms with Crippen molar-refractivity contribution < 1.29 is 27.4 Å². The Morgan fingerprint density at radius 1 is 0.973 bits per heavy atom. The van der Waals surface area contributed by atoms with Crippen LogP contribution in [0.3, 0.4) is 0 Å². The van der Waals surface area contributed by atoms with Crippen molar-refractivity contribution in [1.82, 2.24) is 4.98 Å². The normalized spacial score (nSPS) is 15.9. The van der Waals surface area contributed by atoms with Crippen LogP contribution < -0.4 is 14.9 Å². The van der Waals surface area contributed by atoms with Gasteiger partial charge in [0, 0.05) is 23.9 Å². The maximum atomic E-state index is 13.2. The Morgan fingerprint density at radius 3 is 2.30 bits per heavy atom. The highest BCUT2D eigenvalue weighted by atomic mass is 19.4. The third kappa shape index (κ3) is 7.86. The molecule has 1 saturated heterocycles. The first-order valence-corrected chi connectivity index (χ1v) is 12.8. The summed E-state index contributed by atoms with van der Waals surface area (Å²) in [6.45, 7) is 3.19. The first-order chi connectivity index (χ1) is 17.8. The summed E-state index contributed by atoms with van der Waals surface area (Å²) >= 11 is 0. The molecule has 0 radical (unpaired) electrons. The van der Waals surface area contributed by atoms with Crippen molar-refractivity contribution in [3.63, 3.8) is 0 Å². The first-order valence-electron chi connectivity index (χ1n) is 12.8. The molecule has 1 aliphatic rings. The molecule has 198 valence electrons. The van der Waals surface area contributed by atoms with Crippen LogP contribution in [0.25, 0.3) is 11.1 Å². The van der Waals surface area contributed by atoms with Crippen molar-refractivity contribution >= 4 is 0 Å². The van der Waals surface area contributed by atoms with E-state index in [1.807, 2.05) is 0 Å². The average molecular weight is 516 g/mol. The predicted molar refractivity (Wildman–Crippen MR) is 136 cm³/mol. The van der Waals surface area contributed by atoms with Crippen LogP contribution in [0, 0.1) is 0 Å². The van der Waals surface area contributed by atoms with E-state index in [4.69, 9.17) is 9.47 Å². The Kier molecular flexibility index (Phi) is 8.92. The Labute approximate surface area is 214 Å². The lowest BCUT2D eigenvalue weighted by Crippen LogP contribution is -2.26. The molecule has 5 nitrogen and oxygen atoms in total. The number of aryl methyl sites for hydroxylation is 3. The van der Waals surface area contributed by atoms with Crippen molar-refractivity contribution in [2.75, 3.05) is 13.2 Å². The summed E-state index contributed by atoms with van der Waals surface area (Å²) in [5.74, 6) is 0.0158. The highest BCUT2D eigenvalue weighted by Gasteiger charge is 2.31. The van der Waals surface area contributed by atoms with Gasteiger partial charge in [0.05, 0.1) is 6.10 Å². The summed E-state index contributed by atoms with van der Waals surface area (Å²) in [6.07, 6.45) is 1.55. The maximum Gasteiger partial charge on any atom is 0.573 e. The molecule has 1 atom stereocenters. The molecule has 1 fully saturated rings. The molecular weight excluding hydrogens is 483 g/mol. The molecule has 1 N–H and O–H groups in total. The Balaban J connectivity index is 1.58. The number of benzene rings is 2. The SMILES string of the molecule is CCCc1ccc(CCc2[nH]c(OCC3CCCCO3)cc(=O)c2-c2ccc(OC(F)(F)F)cc2)cc1. The van der Waals surface area contributed by atoms with Gasteiger partial charge in [0.25, 0.3) is 0 Å². The summed E-state index contributed by atoms with van der Waals surface area (Å²) in [5, 5.41) is 0. The smallest absolute Gasteiger partial charge is 0.476 e. The number of pyridine rings is 1. The standard InChI is InChI=1S/C29H32F3NO4/c1-2-5-20-7-9-21(10-8-20)11-16-25-28(22-12-14-23(15-13-22)37-29(30,31)32)26(34)18-27(33-25)36-19-24-6-3-4-17-35-24/h7-10,12-15,18,24H,2-6,11,16-17,19H2,1H3,(H,33,34). The molecule has 0 amide bonds. The van der Waals surface area contributed by atoms with Gasteiger partial charge in [-0.1, -0.05) is 49.7 Å². The second-order valence-corrected chi connectivity index (χ2v) is 9.29. The monoisotopic (exact) mass is 515 g/mol. The zero-order valence-corrected chi connectivity index (χ0v) is 20.9. The number of aromatic amines is 1. The van der Waals surface area contributed by atoms with Crippen LogP contribution in [0.2, 0.25) is 0 Å². The summed E-state index contributed by atoms with van der Waals surface area (Å²) in [5.41, 5.74) is 3.71. The number of rotatable bonds is 10. The average Bonchev–Trinajstić information content (AvgIpc) is 2.87. The molecule has 1 unspecified atom stereocenters. The highest BCUT2D eigenvalue weighted by Crippen LogP contribution is 2.28. The summed E-state index contributed by atoms with van der Waals surface area (Å²) in [6, 6.07) is 15.2. The van der Waals surface area contributed by atoms with Gasteiger partial charge in [-0.25, -0.2) is 0 Å². The van der Waals surface area contributed by atoms with Gasteiger partial charge in [0.1, 0.15) is 12.4 Å². The molecule has 2 heterocycles. The minimum absolute atomic E-state index is 0.0109. The lowest BCUT2D eigenvalue weighted by molar-refractivity contribution is -0.274. The number of halogens is 3. The fraction of sp³-hybridized carbons (Fsp3) is 0.414. The maximum absolute atomic E-state index is 13.2. The second-order valence-electron chi connectivity index (χ2n) is 9.29. The molecule has 0 saturated carbocycles. The van der Waals surface area contributed by atoms with Crippen LogP contribution in [0.5, 0.6) is 11.6 Å². The number of ether oxygens (including phenoxy) is 3. The lowest BCUT2D eigenvalue weighted by atomic mass is 9.98.